The Morgan fingerprint density at radius 3 is 2.62 bits per heavy atom. The molecule has 1 N–H and O–H groups in total. The first-order valence-electron chi connectivity index (χ1n) is 6.85. The van der Waals surface area contributed by atoms with E-state index in [1.165, 1.54) is 48.1 Å². The fraction of sp³-hybridized carbons (Fsp3) is 0.143. The average Bonchev–Trinajstić information content (AvgIpc) is 2.95. The van der Waals surface area contributed by atoms with Gasteiger partial charge < -0.3 is 9.50 Å². The van der Waals surface area contributed by atoms with Gasteiger partial charge in [-0.1, -0.05) is 0 Å². The molecule has 0 spiro atoms. The van der Waals surface area contributed by atoms with Gasteiger partial charge in [0.05, 0.1) is 0 Å². The molecule has 24 heavy (non-hydrogen) atoms. The van der Waals surface area contributed by atoms with Crippen molar-refractivity contribution < 1.29 is 17.4 Å². The van der Waals surface area contributed by atoms with Crippen LogP contribution in [-0.4, -0.2) is 33.9 Å². The highest BCUT2D eigenvalue weighted by molar-refractivity contribution is 7.87. The van der Waals surface area contributed by atoms with Crippen LogP contribution in [0.3, 0.4) is 0 Å². The summed E-state index contributed by atoms with van der Waals surface area (Å²) in [7, 11) is -4.07. The van der Waals surface area contributed by atoms with E-state index in [1.54, 1.807) is 6.92 Å². The standard InChI is InChI=1S/C14H13N5O4S/c1-9-7-13(19-14(17-9)15-8-16-19)23-24(21,22)12-5-3-11(4-6-12)18-10(2)20/h3-8H,1-2H3,(H,18,20). The fourth-order valence-corrected chi connectivity index (χ4v) is 2.93. The van der Waals surface area contributed by atoms with Crippen molar-refractivity contribution in [3.05, 3.63) is 42.4 Å². The molecule has 0 aliphatic rings. The molecule has 3 rings (SSSR count). The zero-order chi connectivity index (χ0) is 17.3. The van der Waals surface area contributed by atoms with Crippen LogP contribution in [-0.2, 0) is 14.9 Å². The number of benzene rings is 1. The van der Waals surface area contributed by atoms with Crippen LogP contribution in [0.15, 0.2) is 41.6 Å². The Kier molecular flexibility index (Phi) is 3.89. The third kappa shape index (κ3) is 3.18. The predicted molar refractivity (Wildman–Crippen MR) is 84.1 cm³/mol. The lowest BCUT2D eigenvalue weighted by molar-refractivity contribution is -0.114. The second-order valence-corrected chi connectivity index (χ2v) is 6.50. The second-order valence-electron chi connectivity index (χ2n) is 4.95. The highest BCUT2D eigenvalue weighted by atomic mass is 32.2. The lowest BCUT2D eigenvalue weighted by Gasteiger charge is -2.09. The van der Waals surface area contributed by atoms with Gasteiger partial charge in [0.1, 0.15) is 11.2 Å². The van der Waals surface area contributed by atoms with Crippen LogP contribution < -0.4 is 9.50 Å². The summed E-state index contributed by atoms with van der Waals surface area (Å²) in [5, 5.41) is 6.45. The predicted octanol–water partition coefficient (Wildman–Crippen LogP) is 1.16. The summed E-state index contributed by atoms with van der Waals surface area (Å²) in [5.74, 6) is -0.0233. The summed E-state index contributed by atoms with van der Waals surface area (Å²) in [4.78, 5) is 19.0. The van der Waals surface area contributed by atoms with Crippen molar-refractivity contribution in [2.45, 2.75) is 18.7 Å². The first-order valence-corrected chi connectivity index (χ1v) is 8.25. The third-order valence-corrected chi connectivity index (χ3v) is 4.25. The van der Waals surface area contributed by atoms with E-state index >= 15 is 0 Å². The molecule has 124 valence electrons. The minimum absolute atomic E-state index is 0.0130. The zero-order valence-electron chi connectivity index (χ0n) is 12.8. The average molecular weight is 347 g/mol. The molecular weight excluding hydrogens is 334 g/mol. The lowest BCUT2D eigenvalue weighted by atomic mass is 10.3. The van der Waals surface area contributed by atoms with Crippen LogP contribution in [0.4, 0.5) is 5.69 Å². The molecule has 1 aromatic carbocycles. The van der Waals surface area contributed by atoms with Gasteiger partial charge in [0, 0.05) is 24.4 Å². The Labute approximate surface area is 137 Å². The quantitative estimate of drug-likeness (QED) is 0.704. The number of nitrogens with zero attached hydrogens (tertiary/aromatic N) is 4. The van der Waals surface area contributed by atoms with Crippen molar-refractivity contribution in [3.8, 4) is 5.88 Å². The molecule has 0 saturated heterocycles. The van der Waals surface area contributed by atoms with Gasteiger partial charge >= 0.3 is 10.1 Å². The lowest BCUT2D eigenvalue weighted by Crippen LogP contribution is -2.13. The number of carbonyl (C=O) groups is 1. The molecule has 0 fully saturated rings. The van der Waals surface area contributed by atoms with E-state index in [0.29, 0.717) is 11.4 Å². The summed E-state index contributed by atoms with van der Waals surface area (Å²) >= 11 is 0. The van der Waals surface area contributed by atoms with Crippen LogP contribution in [0.25, 0.3) is 5.78 Å². The van der Waals surface area contributed by atoms with E-state index in [-0.39, 0.29) is 22.5 Å². The van der Waals surface area contributed by atoms with Crippen molar-refractivity contribution in [1.29, 1.82) is 0 Å². The van der Waals surface area contributed by atoms with E-state index in [9.17, 15) is 13.2 Å². The fourth-order valence-electron chi connectivity index (χ4n) is 2.03. The number of aromatic nitrogens is 4. The molecule has 0 atom stereocenters. The van der Waals surface area contributed by atoms with Crippen LogP contribution in [0.5, 0.6) is 5.88 Å². The van der Waals surface area contributed by atoms with Gasteiger partial charge in [-0.05, 0) is 31.2 Å². The highest BCUT2D eigenvalue weighted by Crippen LogP contribution is 2.21. The van der Waals surface area contributed by atoms with E-state index in [2.05, 4.69) is 20.4 Å². The molecule has 0 radical (unpaired) electrons. The van der Waals surface area contributed by atoms with Crippen LogP contribution in [0, 0.1) is 6.92 Å². The molecular formula is C14H13N5O4S. The molecule has 1 amide bonds. The van der Waals surface area contributed by atoms with Crippen LogP contribution in [0.1, 0.15) is 12.6 Å². The molecule has 3 aromatic rings. The molecule has 10 heteroatoms. The Hall–Kier alpha value is -3.01. The van der Waals surface area contributed by atoms with Gasteiger partial charge in [-0.2, -0.15) is 23.0 Å². The zero-order valence-corrected chi connectivity index (χ0v) is 13.6. The smallest absolute Gasteiger partial charge is 0.340 e. The van der Waals surface area contributed by atoms with Gasteiger partial charge in [0.15, 0.2) is 0 Å². The van der Waals surface area contributed by atoms with E-state index in [1.807, 2.05) is 0 Å². The maximum Gasteiger partial charge on any atom is 0.340 e. The van der Waals surface area contributed by atoms with Crippen molar-refractivity contribution >= 4 is 27.5 Å². The SMILES string of the molecule is CC(=O)Nc1ccc(S(=O)(=O)Oc2cc(C)nc3ncnn23)cc1. The number of aryl methyl sites for hydroxylation is 1. The number of carbonyl (C=O) groups excluding carboxylic acids is 1. The van der Waals surface area contributed by atoms with Crippen molar-refractivity contribution in [2.24, 2.45) is 0 Å². The Morgan fingerprint density at radius 1 is 1.25 bits per heavy atom. The normalized spacial score (nSPS) is 11.4. The summed E-state index contributed by atoms with van der Waals surface area (Å²) in [6.07, 6.45) is 1.25. The van der Waals surface area contributed by atoms with Crippen molar-refractivity contribution in [3.63, 3.8) is 0 Å². The Morgan fingerprint density at radius 2 is 1.96 bits per heavy atom. The monoisotopic (exact) mass is 347 g/mol. The number of rotatable bonds is 4. The second kappa shape index (κ2) is 5.89. The van der Waals surface area contributed by atoms with Crippen molar-refractivity contribution in [2.75, 3.05) is 5.32 Å². The molecule has 9 nitrogen and oxygen atoms in total. The third-order valence-electron chi connectivity index (χ3n) is 3.01. The molecule has 0 bridgehead atoms. The molecule has 0 unspecified atom stereocenters. The first kappa shape index (κ1) is 15.9. The van der Waals surface area contributed by atoms with Crippen LogP contribution >= 0.6 is 0 Å². The van der Waals surface area contributed by atoms with Crippen LogP contribution in [0.2, 0.25) is 0 Å². The van der Waals surface area contributed by atoms with Gasteiger partial charge in [-0.25, -0.2) is 4.98 Å². The number of nitrogens with one attached hydrogen (secondary N) is 1. The van der Waals surface area contributed by atoms with Gasteiger partial charge in [-0.3, -0.25) is 4.79 Å². The number of amides is 1. The molecule has 0 aliphatic heterocycles. The Balaban J connectivity index is 1.93. The summed E-state index contributed by atoms with van der Waals surface area (Å²) in [5.41, 5.74) is 1.03. The molecule has 0 saturated carbocycles. The van der Waals surface area contributed by atoms with Crippen molar-refractivity contribution in [1.82, 2.24) is 19.6 Å². The van der Waals surface area contributed by atoms with E-state index in [4.69, 9.17) is 4.18 Å². The number of hydrogen-bond acceptors (Lipinski definition) is 7. The first-order chi connectivity index (χ1) is 11.3. The number of anilines is 1. The summed E-state index contributed by atoms with van der Waals surface area (Å²) in [6, 6.07) is 7.08. The van der Waals surface area contributed by atoms with E-state index in [0.717, 1.165) is 0 Å². The molecule has 2 heterocycles. The summed E-state index contributed by atoms with van der Waals surface area (Å²) < 4.78 is 31.2. The summed E-state index contributed by atoms with van der Waals surface area (Å²) in [6.45, 7) is 3.05. The van der Waals surface area contributed by atoms with Gasteiger partial charge in [-0.15, -0.1) is 0 Å². The maximum absolute atomic E-state index is 12.4. The number of hydrogen-bond donors (Lipinski definition) is 1. The number of fused-ring (bicyclic) bond motifs is 1. The van der Waals surface area contributed by atoms with Gasteiger partial charge in [0.25, 0.3) is 5.78 Å². The minimum Gasteiger partial charge on any atom is -0.358 e. The maximum atomic E-state index is 12.4. The topological polar surface area (TPSA) is 116 Å². The molecule has 2 aromatic heterocycles. The largest absolute Gasteiger partial charge is 0.358 e. The minimum atomic E-state index is -4.07. The highest BCUT2D eigenvalue weighted by Gasteiger charge is 2.19. The Bertz CT molecular complexity index is 1010. The molecule has 0 aliphatic carbocycles. The van der Waals surface area contributed by atoms with Gasteiger partial charge in [0.2, 0.25) is 11.8 Å². The van der Waals surface area contributed by atoms with E-state index < -0.39 is 10.1 Å².